The van der Waals surface area contributed by atoms with Gasteiger partial charge < -0.3 is 5.32 Å². The molecule has 0 amide bonds. The fourth-order valence-electron chi connectivity index (χ4n) is 3.15. The molecule has 2 rings (SSSR count). The van der Waals surface area contributed by atoms with E-state index in [-0.39, 0.29) is 0 Å². The monoisotopic (exact) mass is 295 g/mol. The van der Waals surface area contributed by atoms with Crippen LogP contribution in [0.1, 0.15) is 45.1 Å². The Morgan fingerprint density at radius 2 is 2.06 bits per heavy atom. The maximum Gasteiger partial charge on any atom is 0.0210 e. The van der Waals surface area contributed by atoms with Crippen LogP contribution in [-0.4, -0.2) is 12.6 Å². The SMILES string of the molecule is CCNC1CC(c2ccccc2Br)C1(C)CC. The number of rotatable bonds is 4. The van der Waals surface area contributed by atoms with E-state index in [1.54, 1.807) is 0 Å². The molecular weight excluding hydrogens is 274 g/mol. The Morgan fingerprint density at radius 3 is 2.65 bits per heavy atom. The third kappa shape index (κ3) is 2.17. The van der Waals surface area contributed by atoms with Crippen molar-refractivity contribution in [1.82, 2.24) is 5.32 Å². The zero-order chi connectivity index (χ0) is 12.5. The lowest BCUT2D eigenvalue weighted by Crippen LogP contribution is -2.56. The van der Waals surface area contributed by atoms with Crippen molar-refractivity contribution in [2.45, 2.75) is 45.6 Å². The van der Waals surface area contributed by atoms with Gasteiger partial charge in [-0.25, -0.2) is 0 Å². The second-order valence-corrected chi connectivity index (χ2v) is 6.13. The smallest absolute Gasteiger partial charge is 0.0210 e. The summed E-state index contributed by atoms with van der Waals surface area (Å²) < 4.78 is 1.26. The van der Waals surface area contributed by atoms with Gasteiger partial charge in [0.2, 0.25) is 0 Å². The number of hydrogen-bond donors (Lipinski definition) is 1. The third-order valence-electron chi connectivity index (χ3n) is 4.56. The van der Waals surface area contributed by atoms with Crippen molar-refractivity contribution >= 4 is 15.9 Å². The van der Waals surface area contributed by atoms with Crippen molar-refractivity contribution in [3.63, 3.8) is 0 Å². The highest BCUT2D eigenvalue weighted by Crippen LogP contribution is 2.55. The Hall–Kier alpha value is -0.340. The first kappa shape index (κ1) is 13.1. The van der Waals surface area contributed by atoms with E-state index < -0.39 is 0 Å². The standard InChI is InChI=1S/C15H22BrN/c1-4-15(3)12(10-14(15)17-5-2)11-8-6-7-9-13(11)16/h6-9,12,14,17H,4-5,10H2,1-3H3. The summed E-state index contributed by atoms with van der Waals surface area (Å²) in [4.78, 5) is 0. The molecule has 1 aromatic carbocycles. The summed E-state index contributed by atoms with van der Waals surface area (Å²) in [6, 6.07) is 9.35. The van der Waals surface area contributed by atoms with E-state index in [4.69, 9.17) is 0 Å². The minimum atomic E-state index is 0.403. The van der Waals surface area contributed by atoms with Gasteiger partial charge in [-0.2, -0.15) is 0 Å². The molecule has 0 spiro atoms. The molecule has 0 aromatic heterocycles. The Kier molecular flexibility index (Phi) is 3.94. The van der Waals surface area contributed by atoms with Crippen LogP contribution in [-0.2, 0) is 0 Å². The molecule has 1 aliphatic carbocycles. The molecule has 0 aliphatic heterocycles. The summed E-state index contributed by atoms with van der Waals surface area (Å²) in [6.07, 6.45) is 2.50. The molecule has 0 heterocycles. The lowest BCUT2D eigenvalue weighted by Gasteiger charge is -2.55. The lowest BCUT2D eigenvalue weighted by atomic mass is 9.54. The van der Waals surface area contributed by atoms with Crippen molar-refractivity contribution in [1.29, 1.82) is 0 Å². The Bertz CT molecular complexity index is 390. The first-order chi connectivity index (χ1) is 8.13. The van der Waals surface area contributed by atoms with E-state index in [1.807, 2.05) is 0 Å². The minimum absolute atomic E-state index is 0.403. The largest absolute Gasteiger partial charge is 0.314 e. The van der Waals surface area contributed by atoms with Crippen molar-refractivity contribution < 1.29 is 0 Å². The van der Waals surface area contributed by atoms with Crippen LogP contribution in [0.15, 0.2) is 28.7 Å². The lowest BCUT2D eigenvalue weighted by molar-refractivity contribution is 0.0451. The van der Waals surface area contributed by atoms with Gasteiger partial charge in [-0.15, -0.1) is 0 Å². The Balaban J connectivity index is 2.22. The summed E-state index contributed by atoms with van der Waals surface area (Å²) in [5, 5.41) is 3.63. The van der Waals surface area contributed by atoms with Gasteiger partial charge in [0.15, 0.2) is 0 Å². The van der Waals surface area contributed by atoms with Crippen LogP contribution in [0, 0.1) is 5.41 Å². The number of benzene rings is 1. The molecular formula is C15H22BrN. The van der Waals surface area contributed by atoms with Gasteiger partial charge in [0.05, 0.1) is 0 Å². The summed E-state index contributed by atoms with van der Waals surface area (Å²) in [6.45, 7) is 8.01. The molecule has 0 saturated heterocycles. The van der Waals surface area contributed by atoms with Crippen LogP contribution in [0.2, 0.25) is 0 Å². The Morgan fingerprint density at radius 1 is 1.35 bits per heavy atom. The van der Waals surface area contributed by atoms with Crippen molar-refractivity contribution in [3.05, 3.63) is 34.3 Å². The predicted molar refractivity (Wildman–Crippen MR) is 77.4 cm³/mol. The molecule has 1 aliphatic rings. The molecule has 17 heavy (non-hydrogen) atoms. The van der Waals surface area contributed by atoms with E-state index in [0.717, 1.165) is 6.54 Å². The second-order valence-electron chi connectivity index (χ2n) is 5.28. The minimum Gasteiger partial charge on any atom is -0.314 e. The molecule has 1 saturated carbocycles. The van der Waals surface area contributed by atoms with Crippen LogP contribution in [0.25, 0.3) is 0 Å². The third-order valence-corrected chi connectivity index (χ3v) is 5.28. The Labute approximate surface area is 113 Å². The topological polar surface area (TPSA) is 12.0 Å². The van der Waals surface area contributed by atoms with Gasteiger partial charge in [0.25, 0.3) is 0 Å². The molecule has 0 radical (unpaired) electrons. The van der Waals surface area contributed by atoms with Gasteiger partial charge in [-0.05, 0) is 42.3 Å². The summed E-state index contributed by atoms with van der Waals surface area (Å²) in [5.74, 6) is 0.687. The molecule has 1 fully saturated rings. The number of halogens is 1. The molecule has 1 N–H and O–H groups in total. The van der Waals surface area contributed by atoms with E-state index in [0.29, 0.717) is 17.4 Å². The van der Waals surface area contributed by atoms with Gasteiger partial charge in [0.1, 0.15) is 0 Å². The molecule has 1 nitrogen and oxygen atoms in total. The molecule has 94 valence electrons. The van der Waals surface area contributed by atoms with Crippen molar-refractivity contribution in [3.8, 4) is 0 Å². The van der Waals surface area contributed by atoms with E-state index in [9.17, 15) is 0 Å². The maximum atomic E-state index is 3.69. The first-order valence-electron chi connectivity index (χ1n) is 6.61. The van der Waals surface area contributed by atoms with E-state index >= 15 is 0 Å². The normalized spacial score (nSPS) is 32.2. The van der Waals surface area contributed by atoms with Crippen LogP contribution in [0.5, 0.6) is 0 Å². The zero-order valence-electron chi connectivity index (χ0n) is 11.0. The van der Waals surface area contributed by atoms with E-state index in [2.05, 4.69) is 66.3 Å². The second kappa shape index (κ2) is 5.11. The fraction of sp³-hybridized carbons (Fsp3) is 0.600. The highest BCUT2D eigenvalue weighted by atomic mass is 79.9. The van der Waals surface area contributed by atoms with Crippen LogP contribution >= 0.6 is 15.9 Å². The van der Waals surface area contributed by atoms with Crippen LogP contribution < -0.4 is 5.32 Å². The van der Waals surface area contributed by atoms with Gasteiger partial charge in [-0.3, -0.25) is 0 Å². The van der Waals surface area contributed by atoms with Crippen molar-refractivity contribution in [2.24, 2.45) is 5.41 Å². The quantitative estimate of drug-likeness (QED) is 0.872. The fourth-order valence-corrected chi connectivity index (χ4v) is 3.71. The average Bonchev–Trinajstić information content (AvgIpc) is 2.34. The summed E-state index contributed by atoms with van der Waals surface area (Å²) >= 11 is 3.69. The zero-order valence-corrected chi connectivity index (χ0v) is 12.5. The van der Waals surface area contributed by atoms with Crippen LogP contribution in [0.3, 0.4) is 0 Å². The van der Waals surface area contributed by atoms with Gasteiger partial charge >= 0.3 is 0 Å². The molecule has 3 atom stereocenters. The number of nitrogens with one attached hydrogen (secondary N) is 1. The molecule has 2 heteroatoms. The first-order valence-corrected chi connectivity index (χ1v) is 7.40. The predicted octanol–water partition coefficient (Wildman–Crippen LogP) is 4.33. The average molecular weight is 296 g/mol. The molecule has 3 unspecified atom stereocenters. The maximum absolute atomic E-state index is 3.69. The molecule has 1 aromatic rings. The number of hydrogen-bond acceptors (Lipinski definition) is 1. The van der Waals surface area contributed by atoms with Crippen LogP contribution in [0.4, 0.5) is 0 Å². The highest BCUT2D eigenvalue weighted by Gasteiger charge is 2.50. The van der Waals surface area contributed by atoms with Gasteiger partial charge in [0, 0.05) is 10.5 Å². The van der Waals surface area contributed by atoms with Gasteiger partial charge in [-0.1, -0.05) is 54.9 Å². The molecule has 0 bridgehead atoms. The van der Waals surface area contributed by atoms with Crippen molar-refractivity contribution in [2.75, 3.05) is 6.54 Å². The van der Waals surface area contributed by atoms with E-state index in [1.165, 1.54) is 22.9 Å². The summed E-state index contributed by atoms with van der Waals surface area (Å²) in [5.41, 5.74) is 1.88. The highest BCUT2D eigenvalue weighted by molar-refractivity contribution is 9.10. The summed E-state index contributed by atoms with van der Waals surface area (Å²) in [7, 11) is 0.